The van der Waals surface area contributed by atoms with Crippen LogP contribution in [0.25, 0.3) is 0 Å². The third-order valence-electron chi connectivity index (χ3n) is 4.14. The maximum absolute atomic E-state index is 10.3. The number of hydrogen-bond acceptors (Lipinski definition) is 10. The van der Waals surface area contributed by atoms with Gasteiger partial charge in [-0.3, -0.25) is 19.2 Å². The lowest BCUT2D eigenvalue weighted by Crippen LogP contribution is -2.42. The summed E-state index contributed by atoms with van der Waals surface area (Å²) in [6.07, 6.45) is 1.93. The minimum Gasteiger partial charge on any atom is -0.481 e. The highest BCUT2D eigenvalue weighted by Gasteiger charge is 2.41. The maximum atomic E-state index is 10.3. The van der Waals surface area contributed by atoms with E-state index in [-0.39, 0.29) is 0 Å². The minimum absolute atomic E-state index is 0.319. The van der Waals surface area contributed by atoms with Crippen LogP contribution in [0.2, 0.25) is 0 Å². The van der Waals surface area contributed by atoms with Gasteiger partial charge in [-0.25, -0.2) is 9.59 Å². The van der Waals surface area contributed by atoms with Crippen molar-refractivity contribution in [1.82, 2.24) is 0 Å². The average molecular weight is 530 g/mol. The summed E-state index contributed by atoms with van der Waals surface area (Å²) >= 11 is 0. The van der Waals surface area contributed by atoms with Gasteiger partial charge in [-0.2, -0.15) is 0 Å². The second-order valence-corrected chi connectivity index (χ2v) is 7.52. The molecule has 0 atom stereocenters. The number of unbranched alkanes of at least 4 members (excludes halogenated alkanes) is 5. The topological polar surface area (TPSA) is 305 Å². The molecule has 0 amide bonds. The highest BCUT2D eigenvalue weighted by Crippen LogP contribution is 2.16. The van der Waals surface area contributed by atoms with Crippen molar-refractivity contribution in [2.45, 2.75) is 75.4 Å². The maximum Gasteiger partial charge on any atom is 0.336 e. The van der Waals surface area contributed by atoms with Crippen molar-refractivity contribution < 1.29 is 79.8 Å². The number of aliphatic hydroxyl groups excluding tert-OH is 2. The van der Waals surface area contributed by atoms with Crippen LogP contribution in [-0.2, 0) is 28.8 Å². The van der Waals surface area contributed by atoms with E-state index >= 15 is 0 Å². The molecule has 0 fully saturated rings. The van der Waals surface area contributed by atoms with Crippen LogP contribution >= 0.6 is 0 Å². The third-order valence-corrected chi connectivity index (χ3v) is 4.14. The Kier molecular flexibility index (Phi) is 20.6. The molecule has 0 aromatic carbocycles. The lowest BCUT2D eigenvalue weighted by molar-refractivity contribution is -0.170. The summed E-state index contributed by atoms with van der Waals surface area (Å²) in [5.41, 5.74) is -5.48. The van der Waals surface area contributed by atoms with Gasteiger partial charge in [0.15, 0.2) is 11.2 Å². The molecule has 0 unspecified atom stereocenters. The van der Waals surface area contributed by atoms with E-state index in [1.165, 1.54) is 12.8 Å². The van der Waals surface area contributed by atoms with E-state index in [1.54, 1.807) is 0 Å². The molecule has 210 valence electrons. The number of aliphatic hydroxyl groups is 4. The van der Waals surface area contributed by atoms with E-state index in [0.29, 0.717) is 13.2 Å². The summed E-state index contributed by atoms with van der Waals surface area (Å²) in [5, 5.41) is 84.5. The fraction of sp³-hybridized carbons (Fsp3) is 0.700. The Hall–Kier alpha value is -3.34. The predicted molar refractivity (Wildman–Crippen MR) is 116 cm³/mol. The first-order valence-electron chi connectivity index (χ1n) is 10.5. The lowest BCUT2D eigenvalue weighted by atomic mass is 9.96. The normalized spacial score (nSPS) is 10.7. The van der Waals surface area contributed by atoms with Crippen molar-refractivity contribution in [2.75, 3.05) is 13.2 Å². The monoisotopic (exact) mass is 530 g/mol. The van der Waals surface area contributed by atoms with Crippen LogP contribution in [0.1, 0.15) is 64.2 Å². The molecule has 0 saturated carbocycles. The predicted octanol–water partition coefficient (Wildman–Crippen LogP) is -1.19. The fourth-order valence-electron chi connectivity index (χ4n) is 2.36. The zero-order chi connectivity index (χ0) is 28.9. The van der Waals surface area contributed by atoms with E-state index in [0.717, 1.165) is 25.7 Å². The van der Waals surface area contributed by atoms with Gasteiger partial charge in [0.05, 0.1) is 25.7 Å². The van der Waals surface area contributed by atoms with E-state index < -0.39 is 72.7 Å². The minimum atomic E-state index is -2.74. The lowest BCUT2D eigenvalue weighted by Gasteiger charge is -2.18. The standard InChI is InChI=1S/C8H18O2.2C6H8O7/c9-7-5-3-1-2-4-6-8-10;2*7-3(8)1-6(13,5(11)12)2-4(9)10/h9-10H,1-8H2;2*13H,1-2H2,(H,7,8)(H,9,10)(H,11,12). The number of carboxylic acid groups (broad SMARTS) is 6. The molecule has 0 aliphatic rings. The van der Waals surface area contributed by atoms with E-state index in [2.05, 4.69) is 0 Å². The van der Waals surface area contributed by atoms with E-state index in [1.807, 2.05) is 0 Å². The van der Waals surface area contributed by atoms with Gasteiger partial charge in [0.2, 0.25) is 0 Å². The quantitative estimate of drug-likeness (QED) is 0.0988. The Morgan fingerprint density at radius 3 is 0.750 bits per heavy atom. The number of hydrogen-bond donors (Lipinski definition) is 10. The molecule has 10 N–H and O–H groups in total. The summed E-state index contributed by atoms with van der Waals surface area (Å²) in [6, 6.07) is 0. The SMILES string of the molecule is O=C(O)CC(O)(CC(=O)O)C(=O)O.O=C(O)CC(O)(CC(=O)O)C(=O)O.OCCCCCCCCO. The van der Waals surface area contributed by atoms with Gasteiger partial charge in [-0.15, -0.1) is 0 Å². The first-order valence-corrected chi connectivity index (χ1v) is 10.5. The van der Waals surface area contributed by atoms with Crippen LogP contribution < -0.4 is 0 Å². The Morgan fingerprint density at radius 1 is 0.417 bits per heavy atom. The molecule has 0 aromatic rings. The first kappa shape index (κ1) is 37.2. The zero-order valence-corrected chi connectivity index (χ0v) is 19.4. The fourth-order valence-corrected chi connectivity index (χ4v) is 2.36. The van der Waals surface area contributed by atoms with Crippen LogP contribution in [0.3, 0.4) is 0 Å². The van der Waals surface area contributed by atoms with Gasteiger partial charge in [0.1, 0.15) is 0 Å². The van der Waals surface area contributed by atoms with Gasteiger partial charge < -0.3 is 51.1 Å². The molecule has 16 nitrogen and oxygen atoms in total. The number of carbonyl (C=O) groups is 6. The summed E-state index contributed by atoms with van der Waals surface area (Å²) in [7, 11) is 0. The molecule has 0 radical (unpaired) electrons. The largest absolute Gasteiger partial charge is 0.481 e. The summed E-state index contributed by atoms with van der Waals surface area (Å²) in [6.45, 7) is 0.639. The van der Waals surface area contributed by atoms with Crippen molar-refractivity contribution in [3.63, 3.8) is 0 Å². The van der Waals surface area contributed by atoms with Crippen LogP contribution in [0.4, 0.5) is 0 Å². The molecule has 0 heterocycles. The first-order chi connectivity index (χ1) is 16.5. The van der Waals surface area contributed by atoms with E-state index in [4.69, 9.17) is 51.1 Å². The van der Waals surface area contributed by atoms with Crippen LogP contribution in [-0.4, -0.2) is 111 Å². The van der Waals surface area contributed by atoms with Gasteiger partial charge in [-0.1, -0.05) is 25.7 Å². The molecule has 0 aromatic heterocycles. The molecule has 0 rings (SSSR count). The Balaban J connectivity index is -0.000000459. The Labute approximate surface area is 205 Å². The van der Waals surface area contributed by atoms with Crippen LogP contribution in [0.15, 0.2) is 0 Å². The number of carboxylic acids is 6. The van der Waals surface area contributed by atoms with Crippen molar-refractivity contribution in [3.8, 4) is 0 Å². The smallest absolute Gasteiger partial charge is 0.336 e. The molecule has 0 aliphatic heterocycles. The number of aliphatic carboxylic acids is 6. The molecule has 0 bridgehead atoms. The molecule has 0 spiro atoms. The van der Waals surface area contributed by atoms with Crippen LogP contribution in [0.5, 0.6) is 0 Å². The molecule has 0 saturated heterocycles. The molecular formula is C20H34O16. The Morgan fingerprint density at radius 2 is 0.611 bits per heavy atom. The Bertz CT molecular complexity index is 625. The molecule has 36 heavy (non-hydrogen) atoms. The zero-order valence-electron chi connectivity index (χ0n) is 19.4. The molecular weight excluding hydrogens is 496 g/mol. The average Bonchev–Trinajstić information content (AvgIpc) is 2.69. The third kappa shape index (κ3) is 21.2. The highest BCUT2D eigenvalue weighted by molar-refractivity contribution is 5.88. The highest BCUT2D eigenvalue weighted by atomic mass is 16.4. The summed E-state index contributed by atoms with van der Waals surface area (Å²) < 4.78 is 0. The van der Waals surface area contributed by atoms with Gasteiger partial charge in [0, 0.05) is 13.2 Å². The second kappa shape index (κ2) is 19.9. The second-order valence-electron chi connectivity index (χ2n) is 7.52. The summed E-state index contributed by atoms with van der Waals surface area (Å²) in [4.78, 5) is 61.0. The number of rotatable bonds is 17. The van der Waals surface area contributed by atoms with Gasteiger partial charge in [-0.05, 0) is 12.8 Å². The van der Waals surface area contributed by atoms with Gasteiger partial charge in [0.25, 0.3) is 0 Å². The van der Waals surface area contributed by atoms with Crippen molar-refractivity contribution in [2.24, 2.45) is 0 Å². The van der Waals surface area contributed by atoms with Gasteiger partial charge >= 0.3 is 35.8 Å². The van der Waals surface area contributed by atoms with Crippen molar-refractivity contribution in [1.29, 1.82) is 0 Å². The molecule has 16 heteroatoms. The summed E-state index contributed by atoms with van der Waals surface area (Å²) in [5.74, 6) is -10.0. The van der Waals surface area contributed by atoms with Crippen molar-refractivity contribution in [3.05, 3.63) is 0 Å². The van der Waals surface area contributed by atoms with Crippen molar-refractivity contribution >= 4 is 35.8 Å². The van der Waals surface area contributed by atoms with E-state index in [9.17, 15) is 28.8 Å². The van der Waals surface area contributed by atoms with Crippen LogP contribution in [0, 0.1) is 0 Å². The molecule has 0 aliphatic carbocycles.